The maximum Gasteiger partial charge on any atom is 0.169 e. The van der Waals surface area contributed by atoms with Gasteiger partial charge in [0, 0.05) is 24.7 Å². The summed E-state index contributed by atoms with van der Waals surface area (Å²) in [5, 5.41) is 11.5. The molecule has 0 radical (unpaired) electrons. The highest BCUT2D eigenvalue weighted by Gasteiger charge is 2.55. The van der Waals surface area contributed by atoms with Crippen LogP contribution in [0.5, 0.6) is 0 Å². The summed E-state index contributed by atoms with van der Waals surface area (Å²) in [7, 11) is 0. The Balaban J connectivity index is 1.81. The van der Waals surface area contributed by atoms with Crippen LogP contribution in [0.4, 0.5) is 0 Å². The van der Waals surface area contributed by atoms with Crippen molar-refractivity contribution in [1.82, 2.24) is 0 Å². The van der Waals surface area contributed by atoms with Crippen LogP contribution in [-0.2, 0) is 4.74 Å². The van der Waals surface area contributed by atoms with Crippen molar-refractivity contribution in [1.29, 1.82) is 0 Å². The summed E-state index contributed by atoms with van der Waals surface area (Å²) in [6, 6.07) is 0. The predicted octanol–water partition coefficient (Wildman–Crippen LogP) is 5.07. The summed E-state index contributed by atoms with van der Waals surface area (Å²) in [6.45, 7) is 8.48. The quantitative estimate of drug-likeness (QED) is 0.655. The lowest BCUT2D eigenvalue weighted by Crippen LogP contribution is -2.58. The van der Waals surface area contributed by atoms with E-state index in [-0.39, 0.29) is 16.1 Å². The first-order valence-electron chi connectivity index (χ1n) is 9.02. The summed E-state index contributed by atoms with van der Waals surface area (Å²) >= 11 is 8.12. The highest BCUT2D eigenvalue weighted by molar-refractivity contribution is 8.19. The minimum atomic E-state index is -0.992. The molecule has 0 unspecified atom stereocenters. The molecule has 3 fully saturated rings. The second-order valence-electron chi connectivity index (χ2n) is 7.18. The Labute approximate surface area is 164 Å². The monoisotopic (exact) mass is 406 g/mol. The van der Waals surface area contributed by atoms with Gasteiger partial charge in [0.25, 0.3) is 0 Å². The van der Waals surface area contributed by atoms with Crippen LogP contribution in [0.1, 0.15) is 39.5 Å². The third-order valence-corrected chi connectivity index (χ3v) is 12.0. The minimum absolute atomic E-state index is 0.0536. The van der Waals surface area contributed by atoms with E-state index in [1.54, 1.807) is 0 Å². The normalized spacial score (nSPS) is 38.8. The molecule has 1 N–H and O–H groups in total. The molecule has 24 heavy (non-hydrogen) atoms. The fraction of sp³-hybridized carbons (Fsp3) is 0.889. The molecule has 6 heteroatoms. The van der Waals surface area contributed by atoms with Crippen LogP contribution in [0.2, 0.25) is 0 Å². The van der Waals surface area contributed by atoms with Gasteiger partial charge in [0.2, 0.25) is 0 Å². The topological polar surface area (TPSA) is 29.5 Å². The van der Waals surface area contributed by atoms with Gasteiger partial charge >= 0.3 is 0 Å². The fourth-order valence-corrected chi connectivity index (χ4v) is 10.7. The highest BCUT2D eigenvalue weighted by Crippen LogP contribution is 2.58. The molecule has 3 aliphatic heterocycles. The molecule has 0 aromatic carbocycles. The Morgan fingerprint density at radius 3 is 2.46 bits per heavy atom. The summed E-state index contributed by atoms with van der Waals surface area (Å²) < 4.78 is 6.96. The number of aliphatic hydroxyl groups is 1. The zero-order valence-corrected chi connectivity index (χ0v) is 18.0. The van der Waals surface area contributed by atoms with Crippen LogP contribution in [0.3, 0.4) is 0 Å². The summed E-state index contributed by atoms with van der Waals surface area (Å²) in [6.07, 6.45) is 6.11. The van der Waals surface area contributed by atoms with E-state index in [9.17, 15) is 5.11 Å². The molecule has 0 saturated carbocycles. The third kappa shape index (κ3) is 4.30. The molecular weight excluding hydrogens is 376 g/mol. The van der Waals surface area contributed by atoms with Gasteiger partial charge in [0.1, 0.15) is 0 Å². The molecule has 0 aromatic rings. The van der Waals surface area contributed by atoms with Gasteiger partial charge in [-0.25, -0.2) is 0 Å². The number of rotatable bonds is 4. The van der Waals surface area contributed by atoms with E-state index in [0.717, 1.165) is 12.8 Å². The standard InChI is InChI=1S/C18H30O2S4/c1-4-13(2)16-14(3)18(23-9-6-10-24-18)12-17(19,20-16)11-15-21-7-5-8-22-15/h4,13-16,19H,1,5-12H2,2-3H3/t13-,14+,16+,17-/m1/s1. The molecule has 138 valence electrons. The van der Waals surface area contributed by atoms with Gasteiger partial charge in [0.05, 0.1) is 14.8 Å². The smallest absolute Gasteiger partial charge is 0.169 e. The van der Waals surface area contributed by atoms with Crippen LogP contribution in [0.15, 0.2) is 12.7 Å². The molecule has 3 aliphatic rings. The fourth-order valence-electron chi connectivity index (χ4n) is 3.88. The molecule has 0 aliphatic carbocycles. The Hall–Kier alpha value is 1.06. The van der Waals surface area contributed by atoms with E-state index in [1.165, 1.54) is 35.9 Å². The second-order valence-corrected chi connectivity index (χ2v) is 13.2. The summed E-state index contributed by atoms with van der Waals surface area (Å²) in [5.41, 5.74) is 0. The van der Waals surface area contributed by atoms with Gasteiger partial charge in [-0.15, -0.1) is 53.6 Å². The molecule has 4 atom stereocenters. The molecule has 0 amide bonds. The average Bonchev–Trinajstić information content (AvgIpc) is 2.59. The summed E-state index contributed by atoms with van der Waals surface area (Å²) in [5.74, 6) is 4.53. The molecule has 3 heterocycles. The van der Waals surface area contributed by atoms with Crippen molar-refractivity contribution >= 4 is 47.0 Å². The van der Waals surface area contributed by atoms with Crippen LogP contribution in [-0.4, -0.2) is 48.7 Å². The van der Waals surface area contributed by atoms with E-state index in [4.69, 9.17) is 4.74 Å². The van der Waals surface area contributed by atoms with Crippen molar-refractivity contribution in [3.05, 3.63) is 12.7 Å². The Morgan fingerprint density at radius 2 is 1.83 bits per heavy atom. The molecule has 0 bridgehead atoms. The lowest BCUT2D eigenvalue weighted by Gasteiger charge is -2.54. The van der Waals surface area contributed by atoms with Crippen molar-refractivity contribution in [3.8, 4) is 0 Å². The SMILES string of the molecule is C=C[C@@H](C)[C@@H]1O[C@](O)(CC2SCCCS2)CC2(SCCCS2)[C@H]1C. The second kappa shape index (κ2) is 8.39. The number of thioether (sulfide) groups is 4. The number of ether oxygens (including phenoxy) is 1. The van der Waals surface area contributed by atoms with Gasteiger partial charge in [-0.3, -0.25) is 0 Å². The Morgan fingerprint density at radius 1 is 1.21 bits per heavy atom. The van der Waals surface area contributed by atoms with Crippen LogP contribution in [0.25, 0.3) is 0 Å². The van der Waals surface area contributed by atoms with Crippen molar-refractivity contribution in [2.45, 2.75) is 60.1 Å². The van der Waals surface area contributed by atoms with Crippen molar-refractivity contribution in [3.63, 3.8) is 0 Å². The summed E-state index contributed by atoms with van der Waals surface area (Å²) in [4.78, 5) is 0. The minimum Gasteiger partial charge on any atom is -0.365 e. The van der Waals surface area contributed by atoms with E-state index >= 15 is 0 Å². The van der Waals surface area contributed by atoms with E-state index in [1.807, 2.05) is 29.6 Å². The number of hydrogen-bond acceptors (Lipinski definition) is 6. The van der Waals surface area contributed by atoms with E-state index in [2.05, 4.69) is 44.0 Å². The predicted molar refractivity (Wildman–Crippen MR) is 113 cm³/mol. The van der Waals surface area contributed by atoms with Gasteiger partial charge in [-0.05, 0) is 35.9 Å². The van der Waals surface area contributed by atoms with Gasteiger partial charge in [-0.2, -0.15) is 0 Å². The molecular formula is C18H30O2S4. The molecule has 0 aromatic heterocycles. The first-order chi connectivity index (χ1) is 11.5. The van der Waals surface area contributed by atoms with Crippen molar-refractivity contribution in [2.75, 3.05) is 23.0 Å². The molecule has 1 spiro atoms. The molecule has 3 rings (SSSR count). The lowest BCUT2D eigenvalue weighted by molar-refractivity contribution is -0.274. The lowest BCUT2D eigenvalue weighted by atomic mass is 9.83. The Bertz CT molecular complexity index is 435. The number of hydrogen-bond donors (Lipinski definition) is 1. The highest BCUT2D eigenvalue weighted by atomic mass is 32.2. The van der Waals surface area contributed by atoms with Gasteiger partial charge in [-0.1, -0.05) is 19.9 Å². The third-order valence-electron chi connectivity index (χ3n) is 5.32. The Kier molecular flexibility index (Phi) is 6.92. The van der Waals surface area contributed by atoms with Gasteiger partial charge < -0.3 is 9.84 Å². The maximum absolute atomic E-state index is 11.5. The molecule has 2 nitrogen and oxygen atoms in total. The van der Waals surface area contributed by atoms with E-state index in [0.29, 0.717) is 10.5 Å². The van der Waals surface area contributed by atoms with Gasteiger partial charge in [0.15, 0.2) is 5.79 Å². The maximum atomic E-state index is 11.5. The zero-order chi connectivity index (χ0) is 17.2. The van der Waals surface area contributed by atoms with E-state index < -0.39 is 5.79 Å². The van der Waals surface area contributed by atoms with Crippen LogP contribution < -0.4 is 0 Å². The van der Waals surface area contributed by atoms with Crippen molar-refractivity contribution < 1.29 is 9.84 Å². The van der Waals surface area contributed by atoms with Crippen LogP contribution >= 0.6 is 47.0 Å². The van der Waals surface area contributed by atoms with Crippen LogP contribution in [0, 0.1) is 11.8 Å². The first-order valence-corrected chi connectivity index (χ1v) is 13.1. The largest absolute Gasteiger partial charge is 0.365 e. The average molecular weight is 407 g/mol. The first kappa shape index (κ1) is 19.8. The molecule has 3 saturated heterocycles. The zero-order valence-electron chi connectivity index (χ0n) is 14.7. The van der Waals surface area contributed by atoms with Crippen molar-refractivity contribution in [2.24, 2.45) is 11.8 Å².